The number of rotatable bonds is 5. The number of carbonyl (C=O) groups excluding carboxylic acids is 1. The van der Waals surface area contributed by atoms with Crippen molar-refractivity contribution in [3.8, 4) is 0 Å². The monoisotopic (exact) mass is 366 g/mol. The zero-order valence-electron chi connectivity index (χ0n) is 15.5. The van der Waals surface area contributed by atoms with Gasteiger partial charge < -0.3 is 19.9 Å². The summed E-state index contributed by atoms with van der Waals surface area (Å²) >= 11 is 0. The molecule has 1 aromatic carbocycles. The van der Waals surface area contributed by atoms with Gasteiger partial charge in [0.15, 0.2) is 0 Å². The van der Waals surface area contributed by atoms with E-state index in [1.807, 2.05) is 29.2 Å². The van der Waals surface area contributed by atoms with Crippen LogP contribution in [0.2, 0.25) is 0 Å². The maximum Gasteiger partial charge on any atom is 0.255 e. The Bertz CT molecular complexity index is 754. The summed E-state index contributed by atoms with van der Waals surface area (Å²) in [7, 11) is 0. The van der Waals surface area contributed by atoms with Crippen LogP contribution in [0.25, 0.3) is 0 Å². The minimum Gasteiger partial charge on any atom is -0.381 e. The largest absolute Gasteiger partial charge is 0.381 e. The summed E-state index contributed by atoms with van der Waals surface area (Å²) in [4.78, 5) is 21.4. The number of benzene rings is 1. The summed E-state index contributed by atoms with van der Waals surface area (Å²) in [5, 5.41) is 3.35. The number of hydrogen-bond donors (Lipinski definition) is 1. The number of ether oxygens (including phenoxy) is 1. The maximum atomic E-state index is 12.9. The molecule has 0 bridgehead atoms. The number of pyridine rings is 1. The lowest BCUT2D eigenvalue weighted by atomic mass is 10.2. The average molecular weight is 366 g/mol. The molecule has 0 radical (unpaired) electrons. The molecule has 2 aliphatic rings. The number of nitrogens with zero attached hydrogens (tertiary/aromatic N) is 3. The summed E-state index contributed by atoms with van der Waals surface area (Å²) in [5.41, 5.74) is 2.73. The fourth-order valence-electron chi connectivity index (χ4n) is 3.68. The molecule has 4 rings (SSSR count). The molecule has 1 amide bonds. The fourth-order valence-corrected chi connectivity index (χ4v) is 3.68. The molecular weight excluding hydrogens is 340 g/mol. The average Bonchev–Trinajstić information content (AvgIpc) is 3.26. The van der Waals surface area contributed by atoms with Gasteiger partial charge in [-0.25, -0.2) is 0 Å². The highest BCUT2D eigenvalue weighted by Crippen LogP contribution is 2.18. The van der Waals surface area contributed by atoms with Gasteiger partial charge in [0.2, 0.25) is 0 Å². The second kappa shape index (κ2) is 8.39. The zero-order valence-corrected chi connectivity index (χ0v) is 15.5. The van der Waals surface area contributed by atoms with Gasteiger partial charge in [-0.15, -0.1) is 0 Å². The Hall–Kier alpha value is -2.60. The highest BCUT2D eigenvalue weighted by molar-refractivity contribution is 5.95. The van der Waals surface area contributed by atoms with Crippen LogP contribution in [0.15, 0.2) is 48.8 Å². The first-order valence-electron chi connectivity index (χ1n) is 9.69. The van der Waals surface area contributed by atoms with E-state index in [4.69, 9.17) is 4.74 Å². The van der Waals surface area contributed by atoms with Crippen molar-refractivity contribution in [1.82, 2.24) is 9.88 Å². The van der Waals surface area contributed by atoms with Crippen molar-refractivity contribution in [2.24, 2.45) is 0 Å². The van der Waals surface area contributed by atoms with E-state index in [1.54, 1.807) is 12.4 Å². The van der Waals surface area contributed by atoms with E-state index in [0.29, 0.717) is 5.56 Å². The Morgan fingerprint density at radius 3 is 2.70 bits per heavy atom. The summed E-state index contributed by atoms with van der Waals surface area (Å²) in [6, 6.07) is 12.3. The molecule has 2 aromatic rings. The predicted molar refractivity (Wildman–Crippen MR) is 106 cm³/mol. The minimum atomic E-state index is 0.0518. The number of hydrogen-bond acceptors (Lipinski definition) is 5. The molecule has 2 aliphatic heterocycles. The molecule has 2 saturated heterocycles. The molecule has 1 aromatic heterocycles. The van der Waals surface area contributed by atoms with E-state index in [-0.39, 0.29) is 12.0 Å². The predicted octanol–water partition coefficient (Wildman–Crippen LogP) is 2.63. The molecule has 1 N–H and O–H groups in total. The summed E-state index contributed by atoms with van der Waals surface area (Å²) in [5.74, 6) is 0.0518. The van der Waals surface area contributed by atoms with E-state index in [0.717, 1.165) is 57.9 Å². The van der Waals surface area contributed by atoms with Crippen LogP contribution in [0, 0.1) is 0 Å². The molecule has 1 unspecified atom stereocenters. The smallest absolute Gasteiger partial charge is 0.255 e. The third kappa shape index (κ3) is 4.39. The second-order valence-electron chi connectivity index (χ2n) is 7.09. The number of carbonyl (C=O) groups is 1. The van der Waals surface area contributed by atoms with E-state index in [1.165, 1.54) is 5.69 Å². The Balaban J connectivity index is 1.33. The highest BCUT2D eigenvalue weighted by atomic mass is 16.5. The van der Waals surface area contributed by atoms with Crippen molar-refractivity contribution < 1.29 is 9.53 Å². The maximum absolute atomic E-state index is 12.9. The third-order valence-electron chi connectivity index (χ3n) is 5.23. The normalized spacial score (nSPS) is 19.9. The van der Waals surface area contributed by atoms with E-state index >= 15 is 0 Å². The van der Waals surface area contributed by atoms with Gasteiger partial charge in [-0.2, -0.15) is 0 Å². The summed E-state index contributed by atoms with van der Waals surface area (Å²) < 4.78 is 5.63. The van der Waals surface area contributed by atoms with Gasteiger partial charge >= 0.3 is 0 Å². The van der Waals surface area contributed by atoms with Crippen LogP contribution in [0.4, 0.5) is 11.4 Å². The second-order valence-corrected chi connectivity index (χ2v) is 7.09. The van der Waals surface area contributed by atoms with Gasteiger partial charge in [0, 0.05) is 57.4 Å². The Morgan fingerprint density at radius 1 is 1.15 bits per heavy atom. The number of piperazine rings is 1. The quantitative estimate of drug-likeness (QED) is 0.882. The number of anilines is 2. The first-order valence-corrected chi connectivity index (χ1v) is 9.69. The molecular formula is C21H26N4O2. The molecule has 2 fully saturated rings. The third-order valence-corrected chi connectivity index (χ3v) is 5.23. The lowest BCUT2D eigenvalue weighted by molar-refractivity contribution is 0.0746. The van der Waals surface area contributed by atoms with Crippen molar-refractivity contribution >= 4 is 17.3 Å². The van der Waals surface area contributed by atoms with Crippen molar-refractivity contribution in [2.75, 3.05) is 49.5 Å². The Labute approximate surface area is 160 Å². The molecule has 0 aliphatic carbocycles. The molecule has 27 heavy (non-hydrogen) atoms. The fraction of sp³-hybridized carbons (Fsp3) is 0.429. The van der Waals surface area contributed by atoms with Crippen LogP contribution in [-0.4, -0.2) is 61.2 Å². The van der Waals surface area contributed by atoms with Gasteiger partial charge in [-0.1, -0.05) is 18.2 Å². The van der Waals surface area contributed by atoms with Crippen LogP contribution in [0.1, 0.15) is 23.2 Å². The number of amides is 1. The molecule has 0 spiro atoms. The highest BCUT2D eigenvalue weighted by Gasteiger charge is 2.23. The molecule has 6 heteroatoms. The van der Waals surface area contributed by atoms with Crippen LogP contribution in [0.5, 0.6) is 0 Å². The van der Waals surface area contributed by atoms with Crippen molar-refractivity contribution in [3.63, 3.8) is 0 Å². The van der Waals surface area contributed by atoms with E-state index in [9.17, 15) is 4.79 Å². The Kier molecular flexibility index (Phi) is 5.53. The number of aromatic nitrogens is 1. The molecule has 6 nitrogen and oxygen atoms in total. The summed E-state index contributed by atoms with van der Waals surface area (Å²) in [6.07, 6.45) is 5.89. The topological polar surface area (TPSA) is 57.7 Å². The van der Waals surface area contributed by atoms with Crippen molar-refractivity contribution in [1.29, 1.82) is 0 Å². The standard InChI is InChI=1S/C21H26N4O2/c26-21(25-10-8-24(9-11-25)19-5-2-1-3-6-19)17-13-18(15-22-14-17)23-16-20-7-4-12-27-20/h1-3,5-6,13-15,20,23H,4,7-12,16H2. The summed E-state index contributed by atoms with van der Waals surface area (Å²) in [6.45, 7) is 4.75. The van der Waals surface area contributed by atoms with Crippen LogP contribution >= 0.6 is 0 Å². The molecule has 3 heterocycles. The van der Waals surface area contributed by atoms with E-state index in [2.05, 4.69) is 27.3 Å². The zero-order chi connectivity index (χ0) is 18.5. The van der Waals surface area contributed by atoms with Gasteiger partial charge in [0.25, 0.3) is 5.91 Å². The first kappa shape index (κ1) is 17.8. The van der Waals surface area contributed by atoms with Gasteiger partial charge in [-0.05, 0) is 31.0 Å². The van der Waals surface area contributed by atoms with Crippen LogP contribution in [-0.2, 0) is 4.74 Å². The lowest BCUT2D eigenvalue weighted by Crippen LogP contribution is -2.48. The van der Waals surface area contributed by atoms with Gasteiger partial charge in [0.05, 0.1) is 17.4 Å². The van der Waals surface area contributed by atoms with Gasteiger partial charge in [-0.3, -0.25) is 9.78 Å². The molecule has 0 saturated carbocycles. The lowest BCUT2D eigenvalue weighted by Gasteiger charge is -2.36. The van der Waals surface area contributed by atoms with Crippen LogP contribution < -0.4 is 10.2 Å². The Morgan fingerprint density at radius 2 is 1.96 bits per heavy atom. The van der Waals surface area contributed by atoms with Crippen molar-refractivity contribution in [2.45, 2.75) is 18.9 Å². The SMILES string of the molecule is O=C(c1cncc(NCC2CCCO2)c1)N1CCN(c2ccccc2)CC1. The first-order chi connectivity index (χ1) is 13.3. The van der Waals surface area contributed by atoms with Gasteiger partial charge in [0.1, 0.15) is 0 Å². The molecule has 1 atom stereocenters. The number of nitrogens with one attached hydrogen (secondary N) is 1. The minimum absolute atomic E-state index is 0.0518. The van der Waals surface area contributed by atoms with Crippen LogP contribution in [0.3, 0.4) is 0 Å². The number of para-hydroxylation sites is 1. The van der Waals surface area contributed by atoms with Crippen molar-refractivity contribution in [3.05, 3.63) is 54.4 Å². The molecule has 142 valence electrons. The van der Waals surface area contributed by atoms with E-state index < -0.39 is 0 Å².